The average Bonchev–Trinajstić information content (AvgIpc) is 2.63. The average molecular weight is 355 g/mol. The summed E-state index contributed by atoms with van der Waals surface area (Å²) >= 11 is 0. The topological polar surface area (TPSA) is 35.5 Å². The molecule has 0 aliphatic rings. The standard InChI is InChI=1S/C22H42O3/c1-3-5-7-9-11-12-14-16-18-22(20-23)25-21-24-19-17-15-13-10-8-6-4-2/h18,20H,3-17,19,21H2,1-2H3. The molecule has 0 saturated carbocycles. The molecule has 0 aliphatic heterocycles. The zero-order chi connectivity index (χ0) is 18.4. The number of allylic oxidation sites excluding steroid dienone is 2. The fraction of sp³-hybridized carbons (Fsp3) is 0.864. The summed E-state index contributed by atoms with van der Waals surface area (Å²) in [5.41, 5.74) is 0. The molecule has 0 radical (unpaired) electrons. The molecule has 0 aliphatic carbocycles. The quantitative estimate of drug-likeness (QED) is 0.0780. The van der Waals surface area contributed by atoms with E-state index in [2.05, 4.69) is 13.8 Å². The second kappa shape index (κ2) is 21.2. The number of ether oxygens (including phenoxy) is 2. The monoisotopic (exact) mass is 354 g/mol. The smallest absolute Gasteiger partial charge is 0.189 e. The molecule has 3 nitrogen and oxygen atoms in total. The van der Waals surface area contributed by atoms with Crippen LogP contribution in [0.3, 0.4) is 0 Å². The molecule has 148 valence electrons. The molecular weight excluding hydrogens is 312 g/mol. The van der Waals surface area contributed by atoms with Gasteiger partial charge in [0.05, 0.1) is 6.61 Å². The summed E-state index contributed by atoms with van der Waals surface area (Å²) in [6, 6.07) is 0. The van der Waals surface area contributed by atoms with Gasteiger partial charge in [0.1, 0.15) is 0 Å². The third-order valence-corrected chi connectivity index (χ3v) is 4.47. The molecule has 0 atom stereocenters. The van der Waals surface area contributed by atoms with Crippen molar-refractivity contribution < 1.29 is 14.3 Å². The van der Waals surface area contributed by atoms with E-state index in [9.17, 15) is 4.79 Å². The van der Waals surface area contributed by atoms with E-state index in [0.717, 1.165) is 32.2 Å². The van der Waals surface area contributed by atoms with Crippen molar-refractivity contribution in [3.8, 4) is 0 Å². The molecule has 0 saturated heterocycles. The van der Waals surface area contributed by atoms with E-state index in [1.165, 1.54) is 77.0 Å². The first-order valence-corrected chi connectivity index (χ1v) is 10.7. The van der Waals surface area contributed by atoms with Crippen molar-refractivity contribution in [3.05, 3.63) is 11.8 Å². The first-order valence-electron chi connectivity index (χ1n) is 10.7. The van der Waals surface area contributed by atoms with Gasteiger partial charge in [0.25, 0.3) is 0 Å². The third kappa shape index (κ3) is 19.3. The molecule has 0 fully saturated rings. The lowest BCUT2D eigenvalue weighted by molar-refractivity contribution is -0.111. The molecule has 0 heterocycles. The lowest BCUT2D eigenvalue weighted by atomic mass is 10.1. The largest absolute Gasteiger partial charge is 0.464 e. The highest BCUT2D eigenvalue weighted by Crippen LogP contribution is 2.10. The number of unbranched alkanes of at least 4 members (excludes halogenated alkanes) is 13. The van der Waals surface area contributed by atoms with E-state index in [-0.39, 0.29) is 6.79 Å². The maximum Gasteiger partial charge on any atom is 0.189 e. The molecule has 0 rings (SSSR count). The second-order valence-electron chi connectivity index (χ2n) is 6.93. The molecule has 0 spiro atoms. The summed E-state index contributed by atoms with van der Waals surface area (Å²) < 4.78 is 10.8. The molecular formula is C22H42O3. The van der Waals surface area contributed by atoms with Crippen LogP contribution in [-0.2, 0) is 14.3 Å². The SMILES string of the molecule is CCCCCCCCCC=C(C=O)OCOCCCCCCCCC. The lowest BCUT2D eigenvalue weighted by Crippen LogP contribution is -2.02. The van der Waals surface area contributed by atoms with Crippen molar-refractivity contribution >= 4 is 6.29 Å². The van der Waals surface area contributed by atoms with Gasteiger partial charge in [0.2, 0.25) is 0 Å². The van der Waals surface area contributed by atoms with Crippen LogP contribution in [0.1, 0.15) is 110 Å². The normalized spacial score (nSPS) is 11.7. The number of carbonyl (C=O) groups is 1. The first kappa shape index (κ1) is 24.2. The van der Waals surface area contributed by atoms with Crippen LogP contribution in [0.5, 0.6) is 0 Å². The highest BCUT2D eigenvalue weighted by Gasteiger charge is 1.97. The molecule has 3 heteroatoms. The van der Waals surface area contributed by atoms with Crippen molar-refractivity contribution in [2.75, 3.05) is 13.4 Å². The molecule has 0 amide bonds. The fourth-order valence-electron chi connectivity index (χ4n) is 2.82. The minimum absolute atomic E-state index is 0.192. The van der Waals surface area contributed by atoms with Crippen molar-refractivity contribution in [2.45, 2.75) is 110 Å². The van der Waals surface area contributed by atoms with Crippen LogP contribution in [0.15, 0.2) is 11.8 Å². The Morgan fingerprint density at radius 2 is 1.24 bits per heavy atom. The predicted molar refractivity (Wildman–Crippen MR) is 107 cm³/mol. The van der Waals surface area contributed by atoms with Crippen LogP contribution in [0, 0.1) is 0 Å². The Balaban J connectivity index is 3.41. The van der Waals surface area contributed by atoms with E-state index in [1.807, 2.05) is 6.08 Å². The summed E-state index contributed by atoms with van der Waals surface area (Å²) in [7, 11) is 0. The van der Waals surface area contributed by atoms with Crippen LogP contribution in [0.25, 0.3) is 0 Å². The molecule has 0 aromatic heterocycles. The van der Waals surface area contributed by atoms with E-state index in [0.29, 0.717) is 5.76 Å². The van der Waals surface area contributed by atoms with Gasteiger partial charge in [0.15, 0.2) is 18.8 Å². The summed E-state index contributed by atoms with van der Waals surface area (Å²) in [4.78, 5) is 11.0. The van der Waals surface area contributed by atoms with Gasteiger partial charge in [0, 0.05) is 0 Å². The van der Waals surface area contributed by atoms with Crippen LogP contribution in [0.4, 0.5) is 0 Å². The van der Waals surface area contributed by atoms with E-state index >= 15 is 0 Å². The summed E-state index contributed by atoms with van der Waals surface area (Å²) in [6.45, 7) is 5.39. The Morgan fingerprint density at radius 3 is 1.80 bits per heavy atom. The Bertz CT molecular complexity index is 300. The van der Waals surface area contributed by atoms with Crippen LogP contribution >= 0.6 is 0 Å². The molecule has 0 bridgehead atoms. The lowest BCUT2D eigenvalue weighted by Gasteiger charge is -2.07. The highest BCUT2D eigenvalue weighted by molar-refractivity contribution is 5.69. The van der Waals surface area contributed by atoms with Crippen molar-refractivity contribution in [1.82, 2.24) is 0 Å². The number of hydrogen-bond donors (Lipinski definition) is 0. The van der Waals surface area contributed by atoms with Crippen LogP contribution < -0.4 is 0 Å². The Labute approximate surface area is 156 Å². The third-order valence-electron chi connectivity index (χ3n) is 4.47. The van der Waals surface area contributed by atoms with Gasteiger partial charge in [-0.1, -0.05) is 90.9 Å². The summed E-state index contributed by atoms with van der Waals surface area (Å²) in [6.07, 6.45) is 21.5. The number of aldehydes is 1. The first-order chi connectivity index (χ1) is 12.3. The van der Waals surface area contributed by atoms with Gasteiger partial charge in [-0.2, -0.15) is 0 Å². The van der Waals surface area contributed by atoms with Gasteiger partial charge >= 0.3 is 0 Å². The van der Waals surface area contributed by atoms with Crippen molar-refractivity contribution in [1.29, 1.82) is 0 Å². The van der Waals surface area contributed by atoms with E-state index < -0.39 is 0 Å². The van der Waals surface area contributed by atoms with E-state index in [1.54, 1.807) is 0 Å². The molecule has 25 heavy (non-hydrogen) atoms. The second-order valence-corrected chi connectivity index (χ2v) is 6.93. The summed E-state index contributed by atoms with van der Waals surface area (Å²) in [5.74, 6) is 0.422. The molecule has 0 aromatic rings. The number of carbonyl (C=O) groups excluding carboxylic acids is 1. The molecule has 0 unspecified atom stereocenters. The van der Waals surface area contributed by atoms with Gasteiger partial charge in [-0.3, -0.25) is 4.79 Å². The van der Waals surface area contributed by atoms with Crippen LogP contribution in [-0.4, -0.2) is 19.7 Å². The molecule has 0 N–H and O–H groups in total. The Kier molecular flexibility index (Phi) is 20.5. The van der Waals surface area contributed by atoms with Crippen LogP contribution in [0.2, 0.25) is 0 Å². The van der Waals surface area contributed by atoms with E-state index in [4.69, 9.17) is 9.47 Å². The zero-order valence-electron chi connectivity index (χ0n) is 16.9. The van der Waals surface area contributed by atoms with Crippen molar-refractivity contribution in [2.24, 2.45) is 0 Å². The van der Waals surface area contributed by atoms with Gasteiger partial charge in [-0.15, -0.1) is 0 Å². The maximum absolute atomic E-state index is 11.0. The number of rotatable bonds is 20. The number of hydrogen-bond acceptors (Lipinski definition) is 3. The Morgan fingerprint density at radius 1 is 0.720 bits per heavy atom. The Hall–Kier alpha value is -0.830. The van der Waals surface area contributed by atoms with Crippen molar-refractivity contribution in [3.63, 3.8) is 0 Å². The summed E-state index contributed by atoms with van der Waals surface area (Å²) in [5, 5.41) is 0. The predicted octanol–water partition coefficient (Wildman–Crippen LogP) is 6.95. The van der Waals surface area contributed by atoms with Gasteiger partial charge < -0.3 is 9.47 Å². The van der Waals surface area contributed by atoms with Gasteiger partial charge in [-0.25, -0.2) is 0 Å². The minimum atomic E-state index is 0.192. The fourth-order valence-corrected chi connectivity index (χ4v) is 2.82. The minimum Gasteiger partial charge on any atom is -0.464 e. The highest BCUT2D eigenvalue weighted by atomic mass is 16.7. The molecule has 0 aromatic carbocycles. The maximum atomic E-state index is 11.0. The zero-order valence-corrected chi connectivity index (χ0v) is 16.9. The van der Waals surface area contributed by atoms with Gasteiger partial charge in [-0.05, 0) is 25.3 Å².